The van der Waals surface area contributed by atoms with Gasteiger partial charge in [0.1, 0.15) is 0 Å². The minimum Gasteiger partial charge on any atom is -0.326 e. The van der Waals surface area contributed by atoms with Crippen molar-refractivity contribution in [2.75, 3.05) is 12.4 Å². The first-order valence-corrected chi connectivity index (χ1v) is 8.41. The molecule has 1 aliphatic heterocycles. The molecule has 2 aliphatic rings. The molecule has 1 unspecified atom stereocenters. The van der Waals surface area contributed by atoms with E-state index in [-0.39, 0.29) is 23.6 Å². The molecule has 3 amide bonds. The van der Waals surface area contributed by atoms with Gasteiger partial charge in [-0.15, -0.1) is 0 Å². The summed E-state index contributed by atoms with van der Waals surface area (Å²) >= 11 is 0. The fourth-order valence-electron chi connectivity index (χ4n) is 3.69. The normalized spacial score (nSPS) is 18.8. The fourth-order valence-corrected chi connectivity index (χ4v) is 3.69. The molecule has 2 aromatic rings. The first-order chi connectivity index (χ1) is 12.1. The number of benzene rings is 2. The highest BCUT2D eigenvalue weighted by Crippen LogP contribution is 2.33. The van der Waals surface area contributed by atoms with Gasteiger partial charge >= 0.3 is 0 Å². The van der Waals surface area contributed by atoms with Gasteiger partial charge in [-0.05, 0) is 48.6 Å². The van der Waals surface area contributed by atoms with Crippen LogP contribution >= 0.6 is 0 Å². The molecule has 1 aliphatic carbocycles. The van der Waals surface area contributed by atoms with Crippen LogP contribution in [0.3, 0.4) is 0 Å². The number of fused-ring (bicyclic) bond motifs is 2. The molecule has 0 saturated heterocycles. The molecular formula is C20H18N2O3. The molecule has 0 spiro atoms. The van der Waals surface area contributed by atoms with E-state index in [9.17, 15) is 14.4 Å². The number of carbonyl (C=O) groups excluding carboxylic acids is 3. The van der Waals surface area contributed by atoms with Crippen LogP contribution in [0.4, 0.5) is 5.69 Å². The van der Waals surface area contributed by atoms with Gasteiger partial charge in [0.05, 0.1) is 17.0 Å². The largest absolute Gasteiger partial charge is 0.326 e. The zero-order chi connectivity index (χ0) is 17.6. The van der Waals surface area contributed by atoms with E-state index in [1.54, 1.807) is 18.2 Å². The predicted molar refractivity (Wildman–Crippen MR) is 93.6 cm³/mol. The van der Waals surface area contributed by atoms with E-state index in [0.717, 1.165) is 29.7 Å². The minimum atomic E-state index is -0.334. The van der Waals surface area contributed by atoms with E-state index in [4.69, 9.17) is 0 Å². The standard InChI is InChI=1S/C20H18N2O3/c1-22-19(24)16-10-9-13(11-17(16)20(22)25)21-18(23)15-8-4-6-12-5-2-3-7-14(12)15/h2-3,5,7,9-11,15H,4,6,8H2,1H3,(H,21,23). The molecule has 4 rings (SSSR count). The molecule has 0 fully saturated rings. The van der Waals surface area contributed by atoms with E-state index >= 15 is 0 Å². The van der Waals surface area contributed by atoms with E-state index < -0.39 is 0 Å². The average molecular weight is 334 g/mol. The molecule has 25 heavy (non-hydrogen) atoms. The predicted octanol–water partition coefficient (Wildman–Crippen LogP) is 2.97. The molecule has 1 heterocycles. The number of anilines is 1. The lowest BCUT2D eigenvalue weighted by Gasteiger charge is -2.24. The van der Waals surface area contributed by atoms with Crippen LogP contribution in [0.1, 0.15) is 50.6 Å². The van der Waals surface area contributed by atoms with Crippen molar-refractivity contribution in [3.8, 4) is 0 Å². The third-order valence-electron chi connectivity index (χ3n) is 5.04. The van der Waals surface area contributed by atoms with Crippen molar-refractivity contribution in [3.63, 3.8) is 0 Å². The third kappa shape index (κ3) is 2.52. The Morgan fingerprint density at radius 1 is 1.08 bits per heavy atom. The topological polar surface area (TPSA) is 66.5 Å². The van der Waals surface area contributed by atoms with Crippen molar-refractivity contribution in [2.45, 2.75) is 25.2 Å². The molecule has 0 radical (unpaired) electrons. The SMILES string of the molecule is CN1C(=O)c2ccc(NC(=O)C3CCCc4ccccc43)cc2C1=O. The van der Waals surface area contributed by atoms with Crippen LogP contribution in [-0.2, 0) is 11.2 Å². The summed E-state index contributed by atoms with van der Waals surface area (Å²) in [4.78, 5) is 37.9. The number of rotatable bonds is 2. The lowest BCUT2D eigenvalue weighted by molar-refractivity contribution is -0.117. The van der Waals surface area contributed by atoms with Crippen molar-refractivity contribution >= 4 is 23.4 Å². The molecule has 5 nitrogen and oxygen atoms in total. The maximum atomic E-state index is 12.8. The van der Waals surface area contributed by atoms with Gasteiger partial charge in [0.15, 0.2) is 0 Å². The summed E-state index contributed by atoms with van der Waals surface area (Å²) in [5.41, 5.74) is 3.58. The van der Waals surface area contributed by atoms with Crippen LogP contribution < -0.4 is 5.32 Å². The molecular weight excluding hydrogens is 316 g/mol. The molecule has 126 valence electrons. The minimum absolute atomic E-state index is 0.0720. The fraction of sp³-hybridized carbons (Fsp3) is 0.250. The van der Waals surface area contributed by atoms with Crippen LogP contribution in [-0.4, -0.2) is 29.7 Å². The Kier molecular flexibility index (Phi) is 3.64. The number of amides is 3. The number of hydrogen-bond acceptors (Lipinski definition) is 3. The van der Waals surface area contributed by atoms with Gasteiger partial charge in [-0.25, -0.2) is 0 Å². The second kappa shape index (κ2) is 5.84. The van der Waals surface area contributed by atoms with Gasteiger partial charge in [-0.1, -0.05) is 24.3 Å². The second-order valence-electron chi connectivity index (χ2n) is 6.56. The van der Waals surface area contributed by atoms with Gasteiger partial charge in [-0.2, -0.15) is 0 Å². The summed E-state index contributed by atoms with van der Waals surface area (Å²) in [6.45, 7) is 0. The Morgan fingerprint density at radius 2 is 1.84 bits per heavy atom. The van der Waals surface area contributed by atoms with E-state index in [2.05, 4.69) is 11.4 Å². The van der Waals surface area contributed by atoms with Gasteiger partial charge in [-0.3, -0.25) is 19.3 Å². The highest BCUT2D eigenvalue weighted by Gasteiger charge is 2.33. The molecule has 5 heteroatoms. The van der Waals surface area contributed by atoms with Crippen molar-refractivity contribution < 1.29 is 14.4 Å². The summed E-state index contributed by atoms with van der Waals surface area (Å²) < 4.78 is 0. The highest BCUT2D eigenvalue weighted by molar-refractivity contribution is 6.21. The number of imide groups is 1. The number of aryl methyl sites for hydroxylation is 1. The van der Waals surface area contributed by atoms with Crippen LogP contribution in [0.5, 0.6) is 0 Å². The van der Waals surface area contributed by atoms with E-state index in [1.165, 1.54) is 12.6 Å². The summed E-state index contributed by atoms with van der Waals surface area (Å²) in [5.74, 6) is -0.895. The average Bonchev–Trinajstić information content (AvgIpc) is 2.85. The van der Waals surface area contributed by atoms with Gasteiger partial charge < -0.3 is 5.32 Å². The third-order valence-corrected chi connectivity index (χ3v) is 5.04. The van der Waals surface area contributed by atoms with Crippen molar-refractivity contribution in [1.29, 1.82) is 0 Å². The molecule has 2 aromatic carbocycles. The zero-order valence-corrected chi connectivity index (χ0v) is 13.9. The molecule has 0 saturated carbocycles. The number of nitrogens with zero attached hydrogens (tertiary/aromatic N) is 1. The molecule has 1 atom stereocenters. The Labute approximate surface area is 145 Å². The van der Waals surface area contributed by atoms with Crippen molar-refractivity contribution in [2.24, 2.45) is 0 Å². The lowest BCUT2D eigenvalue weighted by Crippen LogP contribution is -2.25. The lowest BCUT2D eigenvalue weighted by atomic mass is 9.82. The monoisotopic (exact) mass is 334 g/mol. The zero-order valence-electron chi connectivity index (χ0n) is 13.9. The Morgan fingerprint density at radius 3 is 2.68 bits per heavy atom. The summed E-state index contributed by atoms with van der Waals surface area (Å²) in [6, 6.07) is 12.9. The maximum absolute atomic E-state index is 12.8. The Balaban J connectivity index is 1.59. The Bertz CT molecular complexity index is 904. The number of carbonyl (C=O) groups is 3. The van der Waals surface area contributed by atoms with Gasteiger partial charge in [0.2, 0.25) is 5.91 Å². The molecule has 0 aromatic heterocycles. The van der Waals surface area contributed by atoms with Crippen LogP contribution in [0, 0.1) is 0 Å². The van der Waals surface area contributed by atoms with Crippen LogP contribution in [0.15, 0.2) is 42.5 Å². The smallest absolute Gasteiger partial charge is 0.261 e. The highest BCUT2D eigenvalue weighted by atomic mass is 16.2. The summed E-state index contributed by atoms with van der Waals surface area (Å²) in [5, 5.41) is 2.91. The number of nitrogens with one attached hydrogen (secondary N) is 1. The molecule has 0 bridgehead atoms. The van der Waals surface area contributed by atoms with Gasteiger partial charge in [0, 0.05) is 12.7 Å². The quantitative estimate of drug-likeness (QED) is 0.859. The molecule has 1 N–H and O–H groups in total. The first-order valence-electron chi connectivity index (χ1n) is 8.41. The maximum Gasteiger partial charge on any atom is 0.261 e. The second-order valence-corrected chi connectivity index (χ2v) is 6.56. The van der Waals surface area contributed by atoms with E-state index in [0.29, 0.717) is 16.8 Å². The van der Waals surface area contributed by atoms with Crippen LogP contribution in [0.25, 0.3) is 0 Å². The Hall–Kier alpha value is -2.95. The van der Waals surface area contributed by atoms with Crippen molar-refractivity contribution in [3.05, 3.63) is 64.7 Å². The first kappa shape index (κ1) is 15.6. The summed E-state index contributed by atoms with van der Waals surface area (Å²) in [6.07, 6.45) is 2.80. The number of hydrogen-bond donors (Lipinski definition) is 1. The summed E-state index contributed by atoms with van der Waals surface area (Å²) in [7, 11) is 1.46. The van der Waals surface area contributed by atoms with Gasteiger partial charge in [0.25, 0.3) is 11.8 Å². The van der Waals surface area contributed by atoms with Crippen molar-refractivity contribution in [1.82, 2.24) is 4.90 Å². The van der Waals surface area contributed by atoms with E-state index in [1.807, 2.05) is 18.2 Å². The van der Waals surface area contributed by atoms with Crippen LogP contribution in [0.2, 0.25) is 0 Å².